The summed E-state index contributed by atoms with van der Waals surface area (Å²) < 4.78 is 4.97. The highest BCUT2D eigenvalue weighted by atomic mass is 32.2. The summed E-state index contributed by atoms with van der Waals surface area (Å²) in [6, 6.07) is 16.4. The predicted molar refractivity (Wildman–Crippen MR) is 154 cm³/mol. The molecule has 0 saturated carbocycles. The first-order valence-corrected chi connectivity index (χ1v) is 13.0. The van der Waals surface area contributed by atoms with Crippen LogP contribution >= 0.6 is 11.8 Å². The van der Waals surface area contributed by atoms with E-state index < -0.39 is 0 Å². The number of thioether (sulfide) groups is 1. The number of hydrogen-bond donors (Lipinski definition) is 0. The van der Waals surface area contributed by atoms with Gasteiger partial charge in [0.25, 0.3) is 0 Å². The lowest BCUT2D eigenvalue weighted by atomic mass is 10.1. The van der Waals surface area contributed by atoms with Crippen molar-refractivity contribution in [1.29, 1.82) is 0 Å². The number of amidine groups is 1. The Labute approximate surface area is 217 Å². The first kappa shape index (κ1) is 34.3. The second kappa shape index (κ2) is 22.9. The number of carbonyl (C=O) groups excluding carboxylic acids is 2. The number of benzene rings is 2. The monoisotopic (exact) mass is 500 g/mol. The molecule has 0 spiro atoms. The van der Waals surface area contributed by atoms with Crippen molar-refractivity contribution in [2.45, 2.75) is 53.4 Å². The maximum atomic E-state index is 8.00. The minimum absolute atomic E-state index is 0.824. The van der Waals surface area contributed by atoms with E-state index in [0.29, 0.717) is 0 Å². The predicted octanol–water partition coefficient (Wildman–Crippen LogP) is 6.92. The smallest absolute Gasteiger partial charge is 0.163 e. The normalized spacial score (nSPS) is 9.83. The molecular formula is C29H44N2O3S. The maximum absolute atomic E-state index is 8.00. The second-order valence-corrected chi connectivity index (χ2v) is 8.40. The zero-order valence-corrected chi connectivity index (χ0v) is 23.3. The number of aliphatic imine (C=N–C) groups is 1. The molecule has 0 fully saturated rings. The van der Waals surface area contributed by atoms with Crippen LogP contribution in [0.2, 0.25) is 0 Å². The van der Waals surface area contributed by atoms with Crippen LogP contribution in [0.1, 0.15) is 49.8 Å². The molecule has 0 heterocycles. The number of hydrogen-bond acceptors (Lipinski definition) is 5. The Bertz CT molecular complexity index is 836. The highest BCUT2D eigenvalue weighted by Gasteiger charge is 2.10. The lowest BCUT2D eigenvalue weighted by molar-refractivity contribution is -0.0987. The number of nitrogens with zero attached hydrogens (tertiary/aromatic N) is 2. The van der Waals surface area contributed by atoms with Crippen molar-refractivity contribution in [2.75, 3.05) is 26.5 Å². The molecule has 0 saturated heterocycles. The van der Waals surface area contributed by atoms with Crippen LogP contribution in [-0.2, 0) is 16.0 Å². The zero-order chi connectivity index (χ0) is 27.1. The van der Waals surface area contributed by atoms with Gasteiger partial charge in [0.05, 0.1) is 7.11 Å². The third-order valence-corrected chi connectivity index (χ3v) is 5.61. The summed E-state index contributed by atoms with van der Waals surface area (Å²) in [5, 5.41) is 1.11. The number of ether oxygens (including phenoxy) is 1. The summed E-state index contributed by atoms with van der Waals surface area (Å²) in [5.41, 5.74) is 4.82. The number of allylic oxidation sites excluding steroid dienone is 1. The van der Waals surface area contributed by atoms with E-state index in [0.717, 1.165) is 42.5 Å². The summed E-state index contributed by atoms with van der Waals surface area (Å²) in [7, 11) is 1.67. The van der Waals surface area contributed by atoms with Gasteiger partial charge >= 0.3 is 0 Å². The third-order valence-electron chi connectivity index (χ3n) is 4.89. The maximum Gasteiger partial charge on any atom is 0.163 e. The van der Waals surface area contributed by atoms with E-state index in [9.17, 15) is 0 Å². The number of aryl methyl sites for hydroxylation is 2. The Kier molecular flexibility index (Phi) is 22.5. The quantitative estimate of drug-likeness (QED) is 0.276. The lowest BCUT2D eigenvalue weighted by Gasteiger charge is -2.24. The molecule has 0 unspecified atom stereocenters. The Morgan fingerprint density at radius 1 is 0.943 bits per heavy atom. The van der Waals surface area contributed by atoms with Crippen molar-refractivity contribution < 1.29 is 14.3 Å². The van der Waals surface area contributed by atoms with Crippen molar-refractivity contribution in [3.8, 4) is 5.75 Å². The molecule has 2 rings (SSSR count). The summed E-state index contributed by atoms with van der Waals surface area (Å²) in [6.45, 7) is 19.0. The molecular weight excluding hydrogens is 456 g/mol. The second-order valence-electron chi connectivity index (χ2n) is 7.63. The van der Waals surface area contributed by atoms with Gasteiger partial charge in [-0.1, -0.05) is 80.6 Å². The number of carbonyl (C=O) groups is 2. The highest BCUT2D eigenvalue weighted by molar-refractivity contribution is 8.13. The molecule has 194 valence electrons. The van der Waals surface area contributed by atoms with Crippen LogP contribution in [-0.4, -0.2) is 50.1 Å². The zero-order valence-electron chi connectivity index (χ0n) is 22.5. The molecule has 0 aliphatic carbocycles. The van der Waals surface area contributed by atoms with E-state index in [4.69, 9.17) is 19.3 Å². The van der Waals surface area contributed by atoms with Gasteiger partial charge in [0.1, 0.15) is 19.3 Å². The fourth-order valence-corrected chi connectivity index (χ4v) is 3.71. The molecule has 6 heteroatoms. The molecule has 0 bridgehead atoms. The van der Waals surface area contributed by atoms with Gasteiger partial charge in [-0.15, -0.1) is 0 Å². The van der Waals surface area contributed by atoms with Crippen molar-refractivity contribution >= 4 is 30.5 Å². The number of methoxy groups -OCH3 is 1. The minimum atomic E-state index is 0.824. The van der Waals surface area contributed by atoms with Gasteiger partial charge in [0.2, 0.25) is 0 Å². The van der Waals surface area contributed by atoms with Crippen LogP contribution in [0.4, 0.5) is 0 Å². The summed E-state index contributed by atoms with van der Waals surface area (Å²) in [6.07, 6.45) is 6.50. The first-order chi connectivity index (χ1) is 16.9. The van der Waals surface area contributed by atoms with E-state index in [-0.39, 0.29) is 0 Å². The molecule has 2 aromatic carbocycles. The first-order valence-electron chi connectivity index (χ1n) is 11.7. The highest BCUT2D eigenvalue weighted by Crippen LogP contribution is 2.16. The van der Waals surface area contributed by atoms with E-state index in [1.807, 2.05) is 37.8 Å². The van der Waals surface area contributed by atoms with E-state index >= 15 is 0 Å². The average Bonchev–Trinajstić information content (AvgIpc) is 2.90. The van der Waals surface area contributed by atoms with Gasteiger partial charge in [0.15, 0.2) is 5.17 Å². The summed E-state index contributed by atoms with van der Waals surface area (Å²) >= 11 is 1.73. The third kappa shape index (κ3) is 15.6. The van der Waals surface area contributed by atoms with E-state index in [2.05, 4.69) is 69.7 Å². The molecule has 0 N–H and O–H groups in total. The number of unbranched alkanes of at least 4 members (excludes halogenated alkanes) is 1. The SMILES string of the molecule is C=C(Cc1ccccc1C)N=C(SC)N(CCC)CCCC.C=O.C=O.COc1ccc(C)cc1. The minimum Gasteiger partial charge on any atom is -0.497 e. The summed E-state index contributed by atoms with van der Waals surface area (Å²) in [4.78, 5) is 23.2. The van der Waals surface area contributed by atoms with Crippen molar-refractivity contribution in [1.82, 2.24) is 4.90 Å². The molecule has 0 atom stereocenters. The van der Waals surface area contributed by atoms with Crippen LogP contribution in [0.25, 0.3) is 0 Å². The Morgan fingerprint density at radius 3 is 2.03 bits per heavy atom. The molecule has 5 nitrogen and oxygen atoms in total. The fourth-order valence-electron chi connectivity index (χ4n) is 3.04. The topological polar surface area (TPSA) is 59.0 Å². The van der Waals surface area contributed by atoms with Crippen molar-refractivity contribution in [3.63, 3.8) is 0 Å². The average molecular weight is 501 g/mol. The van der Waals surface area contributed by atoms with E-state index in [1.165, 1.54) is 29.5 Å². The molecule has 0 amide bonds. The van der Waals surface area contributed by atoms with Crippen molar-refractivity contribution in [2.24, 2.45) is 4.99 Å². The number of rotatable bonds is 9. The largest absolute Gasteiger partial charge is 0.497 e. The van der Waals surface area contributed by atoms with Crippen LogP contribution in [0.15, 0.2) is 65.8 Å². The Hall–Kier alpha value is -2.86. The van der Waals surface area contributed by atoms with Gasteiger partial charge in [-0.3, -0.25) is 0 Å². The molecule has 0 aliphatic heterocycles. The van der Waals surface area contributed by atoms with Gasteiger partial charge in [-0.2, -0.15) is 0 Å². The molecule has 0 radical (unpaired) electrons. The van der Waals surface area contributed by atoms with Crippen molar-refractivity contribution in [3.05, 3.63) is 77.5 Å². The molecule has 35 heavy (non-hydrogen) atoms. The summed E-state index contributed by atoms with van der Waals surface area (Å²) in [5.74, 6) is 0.917. The molecule has 0 aromatic heterocycles. The van der Waals surface area contributed by atoms with Gasteiger partial charge in [-0.05, 0) is 56.2 Å². The standard InChI is InChI=1S/C19H30N2S.C8H10O.2CH2O/c1-6-8-14-21(13-7-2)19(22-5)20-17(4)15-18-12-10-9-11-16(18)3;1-7-3-5-8(9-2)6-4-7;2*1-2/h9-12H,4,6-8,13-15H2,1-3,5H3;3-6H,1-2H3;2*1H2. The van der Waals surface area contributed by atoms with Crippen LogP contribution in [0, 0.1) is 13.8 Å². The lowest BCUT2D eigenvalue weighted by Crippen LogP contribution is -2.30. The van der Waals surface area contributed by atoms with E-state index in [1.54, 1.807) is 18.9 Å². The molecule has 0 aliphatic rings. The Balaban J connectivity index is 0. The van der Waals surface area contributed by atoms with Gasteiger partial charge in [0, 0.05) is 25.2 Å². The fraction of sp³-hybridized carbons (Fsp3) is 0.414. The van der Waals surface area contributed by atoms with Gasteiger partial charge in [-0.25, -0.2) is 4.99 Å². The van der Waals surface area contributed by atoms with Gasteiger partial charge < -0.3 is 19.2 Å². The van der Waals surface area contributed by atoms with Crippen LogP contribution in [0.3, 0.4) is 0 Å². The van der Waals surface area contributed by atoms with Crippen LogP contribution in [0.5, 0.6) is 5.75 Å². The molecule has 2 aromatic rings. The van der Waals surface area contributed by atoms with Crippen LogP contribution < -0.4 is 4.74 Å². The Morgan fingerprint density at radius 2 is 1.54 bits per heavy atom.